The number of rotatable bonds is 4. The minimum absolute atomic E-state index is 0.115. The molecule has 0 saturated carbocycles. The third-order valence-electron chi connectivity index (χ3n) is 3.06. The molecule has 0 aliphatic heterocycles. The fourth-order valence-corrected chi connectivity index (χ4v) is 1.43. The summed E-state index contributed by atoms with van der Waals surface area (Å²) in [6, 6.07) is 5.46. The first kappa shape index (κ1) is 12.8. The van der Waals surface area contributed by atoms with E-state index in [4.69, 9.17) is 9.47 Å². The molecule has 0 aliphatic carbocycles. The molecule has 3 heteroatoms. The molecule has 90 valence electrons. The zero-order valence-corrected chi connectivity index (χ0v) is 10.6. The normalized spacial score (nSPS) is 14.7. The molecule has 0 aromatic heterocycles. The van der Waals surface area contributed by atoms with Gasteiger partial charge in [0, 0.05) is 6.07 Å². The summed E-state index contributed by atoms with van der Waals surface area (Å²) in [6.07, 6.45) is 0. The first-order valence-electron chi connectivity index (χ1n) is 5.37. The molecule has 0 fully saturated rings. The number of ether oxygens (including phenoxy) is 2. The lowest BCUT2D eigenvalue weighted by molar-refractivity contribution is 0.00869. The predicted molar refractivity (Wildman–Crippen MR) is 64.0 cm³/mol. The molecular formula is C13H20O3. The van der Waals surface area contributed by atoms with Crippen LogP contribution in [0.15, 0.2) is 18.2 Å². The Kier molecular flexibility index (Phi) is 3.81. The molecule has 0 saturated heterocycles. The average Bonchev–Trinajstić information content (AvgIpc) is 2.27. The minimum Gasteiger partial charge on any atom is -0.497 e. The monoisotopic (exact) mass is 224 g/mol. The topological polar surface area (TPSA) is 38.7 Å². The summed E-state index contributed by atoms with van der Waals surface area (Å²) < 4.78 is 10.4. The highest BCUT2D eigenvalue weighted by atomic mass is 16.5. The predicted octanol–water partition coefficient (Wildman–Crippen LogP) is 2.57. The Hall–Kier alpha value is -1.22. The first-order valence-corrected chi connectivity index (χ1v) is 5.37. The van der Waals surface area contributed by atoms with Crippen molar-refractivity contribution in [2.45, 2.75) is 26.4 Å². The maximum atomic E-state index is 10.4. The van der Waals surface area contributed by atoms with E-state index in [1.807, 2.05) is 26.0 Å². The summed E-state index contributed by atoms with van der Waals surface area (Å²) in [4.78, 5) is 0. The van der Waals surface area contributed by atoms with E-state index < -0.39 is 5.60 Å². The number of hydrogen-bond donors (Lipinski definition) is 1. The molecule has 0 radical (unpaired) electrons. The zero-order valence-electron chi connectivity index (χ0n) is 10.6. The Bertz CT molecular complexity index is 334. The van der Waals surface area contributed by atoms with E-state index in [0.717, 1.165) is 5.56 Å². The van der Waals surface area contributed by atoms with Crippen LogP contribution in [0.3, 0.4) is 0 Å². The van der Waals surface area contributed by atoms with Crippen LogP contribution < -0.4 is 9.47 Å². The van der Waals surface area contributed by atoms with Crippen molar-refractivity contribution in [1.29, 1.82) is 0 Å². The summed E-state index contributed by atoms with van der Waals surface area (Å²) in [5.74, 6) is 1.50. The fourth-order valence-electron chi connectivity index (χ4n) is 1.43. The molecule has 0 spiro atoms. The largest absolute Gasteiger partial charge is 0.497 e. The third-order valence-corrected chi connectivity index (χ3v) is 3.06. The van der Waals surface area contributed by atoms with Gasteiger partial charge in [0.1, 0.15) is 11.5 Å². The Morgan fingerprint density at radius 1 is 1.06 bits per heavy atom. The molecule has 0 heterocycles. The van der Waals surface area contributed by atoms with Crippen LogP contribution in [0.5, 0.6) is 11.5 Å². The Morgan fingerprint density at radius 2 is 1.50 bits per heavy atom. The summed E-state index contributed by atoms with van der Waals surface area (Å²) >= 11 is 0. The second kappa shape index (κ2) is 4.74. The fraction of sp³-hybridized carbons (Fsp3) is 0.538. The SMILES string of the molecule is COc1cc(OC)cc(C(C)(O)C(C)C)c1. The van der Waals surface area contributed by atoms with E-state index in [1.165, 1.54) is 0 Å². The number of benzene rings is 1. The summed E-state index contributed by atoms with van der Waals surface area (Å²) in [6.45, 7) is 5.75. The van der Waals surface area contributed by atoms with Gasteiger partial charge in [-0.05, 0) is 30.5 Å². The van der Waals surface area contributed by atoms with Crippen LogP contribution in [-0.4, -0.2) is 19.3 Å². The van der Waals surface area contributed by atoms with Gasteiger partial charge in [-0.3, -0.25) is 0 Å². The lowest BCUT2D eigenvalue weighted by Crippen LogP contribution is -2.27. The van der Waals surface area contributed by atoms with E-state index in [9.17, 15) is 5.11 Å². The number of hydrogen-bond acceptors (Lipinski definition) is 3. The van der Waals surface area contributed by atoms with Gasteiger partial charge >= 0.3 is 0 Å². The van der Waals surface area contributed by atoms with E-state index in [1.54, 1.807) is 27.2 Å². The van der Waals surface area contributed by atoms with Crippen molar-refractivity contribution in [1.82, 2.24) is 0 Å². The highest BCUT2D eigenvalue weighted by Crippen LogP contribution is 2.34. The molecule has 0 aliphatic rings. The highest BCUT2D eigenvalue weighted by molar-refractivity contribution is 5.40. The number of aliphatic hydroxyl groups is 1. The molecule has 1 aromatic rings. The van der Waals surface area contributed by atoms with Gasteiger partial charge in [0.15, 0.2) is 0 Å². The van der Waals surface area contributed by atoms with Crippen molar-refractivity contribution >= 4 is 0 Å². The van der Waals surface area contributed by atoms with Gasteiger partial charge in [0.2, 0.25) is 0 Å². The van der Waals surface area contributed by atoms with Gasteiger partial charge in [-0.2, -0.15) is 0 Å². The second-order valence-electron chi connectivity index (χ2n) is 4.40. The molecule has 3 nitrogen and oxygen atoms in total. The van der Waals surface area contributed by atoms with Crippen LogP contribution in [-0.2, 0) is 5.60 Å². The molecule has 16 heavy (non-hydrogen) atoms. The lowest BCUT2D eigenvalue weighted by atomic mass is 9.85. The quantitative estimate of drug-likeness (QED) is 0.854. The maximum Gasteiger partial charge on any atom is 0.122 e. The highest BCUT2D eigenvalue weighted by Gasteiger charge is 2.28. The standard InChI is InChI=1S/C13H20O3/c1-9(2)13(3,14)10-6-11(15-4)8-12(7-10)16-5/h6-9,14H,1-5H3. The Labute approximate surface area is 97.0 Å². The molecule has 0 amide bonds. The Balaban J connectivity index is 3.22. The molecule has 1 aromatic carbocycles. The molecule has 1 rings (SSSR count). The van der Waals surface area contributed by atoms with Gasteiger partial charge in [0.25, 0.3) is 0 Å². The van der Waals surface area contributed by atoms with Crippen LogP contribution in [0.4, 0.5) is 0 Å². The van der Waals surface area contributed by atoms with Crippen molar-refractivity contribution in [3.8, 4) is 11.5 Å². The van der Waals surface area contributed by atoms with Crippen LogP contribution in [0.25, 0.3) is 0 Å². The van der Waals surface area contributed by atoms with Crippen LogP contribution in [0.2, 0.25) is 0 Å². The summed E-state index contributed by atoms with van der Waals surface area (Å²) in [5, 5.41) is 10.4. The van der Waals surface area contributed by atoms with Gasteiger partial charge in [-0.15, -0.1) is 0 Å². The van der Waals surface area contributed by atoms with Crippen molar-refractivity contribution in [3.05, 3.63) is 23.8 Å². The van der Waals surface area contributed by atoms with Crippen molar-refractivity contribution < 1.29 is 14.6 Å². The van der Waals surface area contributed by atoms with Crippen LogP contribution in [0.1, 0.15) is 26.3 Å². The average molecular weight is 224 g/mol. The van der Waals surface area contributed by atoms with E-state index in [0.29, 0.717) is 11.5 Å². The smallest absolute Gasteiger partial charge is 0.122 e. The maximum absolute atomic E-state index is 10.4. The van der Waals surface area contributed by atoms with E-state index in [2.05, 4.69) is 0 Å². The van der Waals surface area contributed by atoms with E-state index in [-0.39, 0.29) is 5.92 Å². The van der Waals surface area contributed by atoms with Gasteiger partial charge in [-0.25, -0.2) is 0 Å². The van der Waals surface area contributed by atoms with Crippen LogP contribution in [0, 0.1) is 5.92 Å². The third kappa shape index (κ3) is 2.47. The molecule has 1 N–H and O–H groups in total. The van der Waals surface area contributed by atoms with Crippen molar-refractivity contribution in [2.75, 3.05) is 14.2 Å². The second-order valence-corrected chi connectivity index (χ2v) is 4.40. The molecule has 0 bridgehead atoms. The van der Waals surface area contributed by atoms with Crippen LogP contribution >= 0.6 is 0 Å². The number of methoxy groups -OCH3 is 2. The van der Waals surface area contributed by atoms with Crippen molar-refractivity contribution in [3.63, 3.8) is 0 Å². The summed E-state index contributed by atoms with van der Waals surface area (Å²) in [5.41, 5.74) is -0.0827. The van der Waals surface area contributed by atoms with E-state index >= 15 is 0 Å². The minimum atomic E-state index is -0.887. The van der Waals surface area contributed by atoms with Gasteiger partial charge in [-0.1, -0.05) is 13.8 Å². The molecule has 1 unspecified atom stereocenters. The Morgan fingerprint density at radius 3 is 1.81 bits per heavy atom. The van der Waals surface area contributed by atoms with Gasteiger partial charge in [0.05, 0.1) is 19.8 Å². The first-order chi connectivity index (χ1) is 7.41. The molecule has 1 atom stereocenters. The zero-order chi connectivity index (χ0) is 12.3. The summed E-state index contributed by atoms with van der Waals surface area (Å²) in [7, 11) is 3.20. The lowest BCUT2D eigenvalue weighted by Gasteiger charge is -2.28. The van der Waals surface area contributed by atoms with Gasteiger partial charge < -0.3 is 14.6 Å². The van der Waals surface area contributed by atoms with Crippen molar-refractivity contribution in [2.24, 2.45) is 5.92 Å². The molecular weight excluding hydrogens is 204 g/mol.